The van der Waals surface area contributed by atoms with Crippen LogP contribution in [0.5, 0.6) is 5.75 Å². The Hall–Kier alpha value is -2.03. The van der Waals surface area contributed by atoms with Crippen LogP contribution in [0, 0.1) is 6.92 Å². The van der Waals surface area contributed by atoms with Gasteiger partial charge in [0.25, 0.3) is 0 Å². The molecule has 1 aromatic heterocycles. The van der Waals surface area contributed by atoms with Crippen molar-refractivity contribution >= 4 is 5.97 Å². The van der Waals surface area contributed by atoms with E-state index in [4.69, 9.17) is 9.15 Å². The molecule has 0 N–H and O–H groups in total. The van der Waals surface area contributed by atoms with E-state index in [0.29, 0.717) is 23.7 Å². The van der Waals surface area contributed by atoms with Crippen LogP contribution in [0.2, 0.25) is 0 Å². The van der Waals surface area contributed by atoms with E-state index in [1.54, 1.807) is 19.9 Å². The van der Waals surface area contributed by atoms with Crippen molar-refractivity contribution in [2.45, 2.75) is 20.3 Å². The fourth-order valence-electron chi connectivity index (χ4n) is 1.51. The monoisotopic (exact) mass is 230 g/mol. The van der Waals surface area contributed by atoms with Crippen LogP contribution >= 0.6 is 0 Å². The summed E-state index contributed by atoms with van der Waals surface area (Å²) in [4.78, 5) is 11.2. The molecule has 0 saturated carbocycles. The lowest BCUT2D eigenvalue weighted by Crippen LogP contribution is -2.05. The second-order valence-electron chi connectivity index (χ2n) is 3.72. The summed E-state index contributed by atoms with van der Waals surface area (Å²) in [5, 5.41) is 0. The van der Waals surface area contributed by atoms with Crippen LogP contribution in [0.1, 0.15) is 19.1 Å². The summed E-state index contributed by atoms with van der Waals surface area (Å²) in [5.41, 5.74) is 0.967. The number of carbonyl (C=O) groups is 1. The normalized spacial score (nSPS) is 10.2. The fourth-order valence-corrected chi connectivity index (χ4v) is 1.51. The van der Waals surface area contributed by atoms with Crippen molar-refractivity contribution in [1.82, 2.24) is 0 Å². The summed E-state index contributed by atoms with van der Waals surface area (Å²) in [7, 11) is 0. The zero-order valence-electron chi connectivity index (χ0n) is 9.90. The lowest BCUT2D eigenvalue weighted by Gasteiger charge is -1.98. The summed E-state index contributed by atoms with van der Waals surface area (Å²) in [6.07, 6.45) is 0.352. The maximum atomic E-state index is 11.2. The third-order valence-corrected chi connectivity index (χ3v) is 2.44. The molecule has 0 aliphatic heterocycles. The Morgan fingerprint density at radius 2 is 2.00 bits per heavy atom. The predicted molar refractivity (Wildman–Crippen MR) is 64.8 cm³/mol. The molecule has 0 radical (unpaired) electrons. The minimum Gasteiger partial charge on any atom is -0.457 e. The molecule has 0 aliphatic rings. The van der Waals surface area contributed by atoms with Gasteiger partial charge in [-0.05, 0) is 6.92 Å². The quantitative estimate of drug-likeness (QED) is 0.757. The third-order valence-electron chi connectivity index (χ3n) is 2.44. The van der Waals surface area contributed by atoms with E-state index in [2.05, 4.69) is 0 Å². The number of carbonyl (C=O) groups excluding carboxylic acids is 1. The van der Waals surface area contributed by atoms with Gasteiger partial charge in [-0.3, -0.25) is 4.79 Å². The van der Waals surface area contributed by atoms with Gasteiger partial charge in [-0.25, -0.2) is 0 Å². The van der Waals surface area contributed by atoms with E-state index in [0.717, 1.165) is 5.56 Å². The van der Waals surface area contributed by atoms with Crippen molar-refractivity contribution in [3.05, 3.63) is 42.2 Å². The zero-order valence-corrected chi connectivity index (χ0v) is 9.90. The van der Waals surface area contributed by atoms with Crippen molar-refractivity contribution < 1.29 is 13.9 Å². The highest BCUT2D eigenvalue weighted by Gasteiger charge is 2.12. The van der Waals surface area contributed by atoms with Crippen molar-refractivity contribution in [2.75, 3.05) is 0 Å². The SMILES string of the molecule is CCC(=O)Oc1cc(-c2ccccc2)oc1C. The van der Waals surface area contributed by atoms with Crippen molar-refractivity contribution in [2.24, 2.45) is 0 Å². The highest BCUT2D eigenvalue weighted by Crippen LogP contribution is 2.30. The first-order valence-corrected chi connectivity index (χ1v) is 5.57. The van der Waals surface area contributed by atoms with E-state index in [1.165, 1.54) is 0 Å². The number of rotatable bonds is 3. The van der Waals surface area contributed by atoms with E-state index < -0.39 is 0 Å². The molecule has 0 spiro atoms. The lowest BCUT2D eigenvalue weighted by atomic mass is 10.2. The second-order valence-corrected chi connectivity index (χ2v) is 3.72. The van der Waals surface area contributed by atoms with Gasteiger partial charge in [-0.2, -0.15) is 0 Å². The van der Waals surface area contributed by atoms with Gasteiger partial charge >= 0.3 is 5.97 Å². The van der Waals surface area contributed by atoms with E-state index in [9.17, 15) is 4.79 Å². The Balaban J connectivity index is 2.28. The van der Waals surface area contributed by atoms with Crippen LogP contribution in [0.3, 0.4) is 0 Å². The Kier molecular flexibility index (Phi) is 3.28. The molecular formula is C14H14O3. The van der Waals surface area contributed by atoms with E-state index >= 15 is 0 Å². The van der Waals surface area contributed by atoms with Crippen LogP contribution in [-0.4, -0.2) is 5.97 Å². The van der Waals surface area contributed by atoms with Crippen LogP contribution in [0.4, 0.5) is 0 Å². The van der Waals surface area contributed by atoms with Gasteiger partial charge in [0.15, 0.2) is 5.75 Å². The van der Waals surface area contributed by atoms with Gasteiger partial charge in [0.05, 0.1) is 0 Å². The molecule has 17 heavy (non-hydrogen) atoms. The van der Waals surface area contributed by atoms with Crippen LogP contribution in [0.25, 0.3) is 11.3 Å². The van der Waals surface area contributed by atoms with Gasteiger partial charge in [-0.15, -0.1) is 0 Å². The van der Waals surface area contributed by atoms with Gasteiger partial charge in [0.2, 0.25) is 0 Å². The lowest BCUT2D eigenvalue weighted by molar-refractivity contribution is -0.134. The summed E-state index contributed by atoms with van der Waals surface area (Å²) < 4.78 is 10.7. The number of hydrogen-bond donors (Lipinski definition) is 0. The van der Waals surface area contributed by atoms with Gasteiger partial charge < -0.3 is 9.15 Å². The molecule has 1 heterocycles. The fraction of sp³-hybridized carbons (Fsp3) is 0.214. The minimum absolute atomic E-state index is 0.256. The highest BCUT2D eigenvalue weighted by molar-refractivity contribution is 5.73. The van der Waals surface area contributed by atoms with Crippen molar-refractivity contribution in [3.63, 3.8) is 0 Å². The standard InChI is InChI=1S/C14H14O3/c1-3-14(15)17-12-9-13(16-10(12)2)11-7-5-4-6-8-11/h4-9H,3H2,1-2H3. The largest absolute Gasteiger partial charge is 0.457 e. The molecule has 2 aromatic rings. The summed E-state index contributed by atoms with van der Waals surface area (Å²) in [6, 6.07) is 11.5. The molecule has 0 unspecified atom stereocenters. The molecule has 3 nitrogen and oxygen atoms in total. The highest BCUT2D eigenvalue weighted by atomic mass is 16.5. The van der Waals surface area contributed by atoms with Crippen LogP contribution < -0.4 is 4.74 Å². The average Bonchev–Trinajstić information content (AvgIpc) is 2.72. The first-order valence-electron chi connectivity index (χ1n) is 5.57. The maximum Gasteiger partial charge on any atom is 0.311 e. The number of ether oxygens (including phenoxy) is 1. The molecular weight excluding hydrogens is 216 g/mol. The number of furan rings is 1. The number of hydrogen-bond acceptors (Lipinski definition) is 3. The maximum absolute atomic E-state index is 11.2. The first kappa shape index (κ1) is 11.5. The average molecular weight is 230 g/mol. The van der Waals surface area contributed by atoms with Crippen molar-refractivity contribution in [3.8, 4) is 17.1 Å². The van der Waals surface area contributed by atoms with E-state index in [-0.39, 0.29) is 5.97 Å². The molecule has 0 saturated heterocycles. The molecule has 0 fully saturated rings. The molecule has 88 valence electrons. The molecule has 3 heteroatoms. The van der Waals surface area contributed by atoms with Crippen molar-refractivity contribution in [1.29, 1.82) is 0 Å². The smallest absolute Gasteiger partial charge is 0.311 e. The summed E-state index contributed by atoms with van der Waals surface area (Å²) in [6.45, 7) is 3.54. The molecule has 0 atom stereocenters. The second kappa shape index (κ2) is 4.87. The summed E-state index contributed by atoms with van der Waals surface area (Å²) >= 11 is 0. The van der Waals surface area contributed by atoms with Crippen LogP contribution in [-0.2, 0) is 4.79 Å². The topological polar surface area (TPSA) is 39.4 Å². The van der Waals surface area contributed by atoms with Crippen LogP contribution in [0.15, 0.2) is 40.8 Å². The minimum atomic E-state index is -0.256. The molecule has 0 aliphatic carbocycles. The predicted octanol–water partition coefficient (Wildman–Crippen LogP) is 3.57. The number of aryl methyl sites for hydroxylation is 1. The molecule has 0 bridgehead atoms. The Bertz CT molecular complexity index is 512. The molecule has 1 aromatic carbocycles. The number of esters is 1. The Morgan fingerprint density at radius 1 is 1.29 bits per heavy atom. The first-order chi connectivity index (χ1) is 8.20. The molecule has 0 amide bonds. The van der Waals surface area contributed by atoms with Gasteiger partial charge in [-0.1, -0.05) is 37.3 Å². The Labute approximate surface area is 100 Å². The van der Waals surface area contributed by atoms with Gasteiger partial charge in [0, 0.05) is 18.1 Å². The van der Waals surface area contributed by atoms with Gasteiger partial charge in [0.1, 0.15) is 11.5 Å². The third kappa shape index (κ3) is 2.56. The zero-order chi connectivity index (χ0) is 12.3. The number of benzene rings is 1. The molecule has 2 rings (SSSR count). The van der Waals surface area contributed by atoms with E-state index in [1.807, 2.05) is 30.3 Å². The Morgan fingerprint density at radius 3 is 2.65 bits per heavy atom. The summed E-state index contributed by atoms with van der Waals surface area (Å²) in [5.74, 6) is 1.57.